The summed E-state index contributed by atoms with van der Waals surface area (Å²) in [5.41, 5.74) is 6.33. The van der Waals surface area contributed by atoms with Crippen LogP contribution in [0.5, 0.6) is 5.75 Å². The molecule has 0 N–H and O–H groups in total. The predicted octanol–water partition coefficient (Wildman–Crippen LogP) is 6.35. The van der Waals surface area contributed by atoms with Crippen molar-refractivity contribution in [1.29, 1.82) is 0 Å². The number of fused-ring (bicyclic) bond motifs is 3. The Morgan fingerprint density at radius 1 is 0.857 bits per heavy atom. The van der Waals surface area contributed by atoms with E-state index >= 15 is 0 Å². The number of rotatable bonds is 4. The van der Waals surface area contributed by atoms with Crippen LogP contribution in [0.2, 0.25) is 0 Å². The number of carbonyl (C=O) groups excluding carboxylic acids is 2. The van der Waals surface area contributed by atoms with Crippen molar-refractivity contribution in [3.63, 3.8) is 0 Å². The van der Waals surface area contributed by atoms with Crippen molar-refractivity contribution >= 4 is 39.2 Å². The number of nitrogens with zero attached hydrogens (tertiary/aromatic N) is 1. The van der Waals surface area contributed by atoms with Crippen LogP contribution in [0.4, 0.5) is 0 Å². The zero-order valence-corrected chi connectivity index (χ0v) is 20.6. The van der Waals surface area contributed by atoms with Crippen molar-refractivity contribution in [1.82, 2.24) is 4.57 Å². The molecule has 3 aromatic carbocycles. The number of aromatic nitrogens is 1. The minimum Gasteiger partial charge on any atom is -0.496 e. The molecular formula is C30H27NO4. The topological polar surface area (TPSA) is 57.5 Å². The molecule has 0 unspecified atom stereocenters. The van der Waals surface area contributed by atoms with E-state index in [2.05, 4.69) is 35.8 Å². The molecule has 35 heavy (non-hydrogen) atoms. The maximum Gasteiger partial charge on any atom is 0.347 e. The average Bonchev–Trinajstić information content (AvgIpc) is 3.30. The van der Waals surface area contributed by atoms with Crippen molar-refractivity contribution < 1.29 is 19.1 Å². The lowest BCUT2D eigenvalue weighted by Gasteiger charge is -2.12. The van der Waals surface area contributed by atoms with Gasteiger partial charge in [-0.05, 0) is 44.9 Å². The van der Waals surface area contributed by atoms with Crippen LogP contribution in [-0.2, 0) is 20.9 Å². The fourth-order valence-electron chi connectivity index (χ4n) is 5.22. The Labute approximate surface area is 204 Å². The molecule has 1 fully saturated rings. The minimum absolute atomic E-state index is 0.337. The molecule has 1 aromatic heterocycles. The molecule has 2 heterocycles. The Bertz CT molecular complexity index is 1580. The fourth-order valence-corrected chi connectivity index (χ4v) is 5.22. The van der Waals surface area contributed by atoms with Gasteiger partial charge in [0.15, 0.2) is 0 Å². The van der Waals surface area contributed by atoms with Crippen LogP contribution >= 0.6 is 0 Å². The number of esters is 2. The van der Waals surface area contributed by atoms with Gasteiger partial charge in [-0.15, -0.1) is 0 Å². The third-order valence-electron chi connectivity index (χ3n) is 6.78. The van der Waals surface area contributed by atoms with E-state index in [-0.39, 0.29) is 0 Å². The highest BCUT2D eigenvalue weighted by Crippen LogP contribution is 2.43. The van der Waals surface area contributed by atoms with Gasteiger partial charge in [-0.3, -0.25) is 0 Å². The van der Waals surface area contributed by atoms with E-state index < -0.39 is 11.9 Å². The van der Waals surface area contributed by atoms with Crippen LogP contribution in [0.1, 0.15) is 37.6 Å². The second kappa shape index (κ2) is 8.58. The van der Waals surface area contributed by atoms with Gasteiger partial charge in [0.1, 0.15) is 5.75 Å². The van der Waals surface area contributed by atoms with Gasteiger partial charge < -0.3 is 14.0 Å². The number of carbonyl (C=O) groups is 2. The van der Waals surface area contributed by atoms with E-state index in [1.165, 1.54) is 5.56 Å². The Hall–Kier alpha value is -4.12. The summed E-state index contributed by atoms with van der Waals surface area (Å²) in [7, 11) is 1.67. The van der Waals surface area contributed by atoms with E-state index in [9.17, 15) is 9.59 Å². The van der Waals surface area contributed by atoms with Gasteiger partial charge in [0, 0.05) is 34.0 Å². The molecule has 0 spiro atoms. The smallest absolute Gasteiger partial charge is 0.347 e. The Kier molecular flexibility index (Phi) is 5.56. The Morgan fingerprint density at radius 3 is 2.14 bits per heavy atom. The van der Waals surface area contributed by atoms with Crippen molar-refractivity contribution in [2.24, 2.45) is 0 Å². The van der Waals surface area contributed by atoms with Gasteiger partial charge >= 0.3 is 11.9 Å². The molecule has 176 valence electrons. The van der Waals surface area contributed by atoms with E-state index in [4.69, 9.17) is 9.47 Å². The fraction of sp³-hybridized carbons (Fsp3) is 0.200. The Balaban J connectivity index is 1.92. The molecule has 5 nitrogen and oxygen atoms in total. The molecule has 0 amide bonds. The molecule has 5 rings (SSSR count). The number of cyclic esters (lactones) is 2. The number of ether oxygens (including phenoxy) is 2. The number of hydrogen-bond donors (Lipinski definition) is 0. The van der Waals surface area contributed by atoms with Crippen LogP contribution in [0.3, 0.4) is 0 Å². The quantitative estimate of drug-likeness (QED) is 0.200. The molecule has 0 bridgehead atoms. The number of benzene rings is 3. The highest BCUT2D eigenvalue weighted by molar-refractivity contribution is 6.23. The summed E-state index contributed by atoms with van der Waals surface area (Å²) in [6.45, 7) is 8.28. The maximum atomic E-state index is 12.8. The zero-order chi connectivity index (χ0) is 24.9. The third kappa shape index (κ3) is 3.55. The molecule has 0 aliphatic carbocycles. The maximum absolute atomic E-state index is 12.8. The highest BCUT2D eigenvalue weighted by Gasteiger charge is 2.37. The lowest BCUT2D eigenvalue weighted by Crippen LogP contribution is -2.04. The number of hydrogen-bond acceptors (Lipinski definition) is 4. The summed E-state index contributed by atoms with van der Waals surface area (Å²) >= 11 is 0. The molecule has 0 saturated carbocycles. The first-order valence-corrected chi connectivity index (χ1v) is 11.6. The minimum atomic E-state index is -0.597. The normalized spacial score (nSPS) is 15.2. The molecule has 5 heteroatoms. The third-order valence-corrected chi connectivity index (χ3v) is 6.78. The first-order valence-electron chi connectivity index (χ1n) is 11.6. The van der Waals surface area contributed by atoms with Gasteiger partial charge in [0.25, 0.3) is 0 Å². The lowest BCUT2D eigenvalue weighted by atomic mass is 9.92. The summed E-state index contributed by atoms with van der Waals surface area (Å²) in [6, 6.07) is 20.5. The lowest BCUT2D eigenvalue weighted by molar-refractivity contribution is -0.149. The summed E-state index contributed by atoms with van der Waals surface area (Å²) in [5, 5.41) is 3.06. The molecule has 4 aromatic rings. The van der Waals surface area contributed by atoms with Crippen LogP contribution < -0.4 is 4.74 Å². The standard InChI is InChI=1S/C30H27NO4/c1-17(2)25-27(30(33)35-29(25)32)18(3)26-19(4)31(16-20-11-7-6-8-12-20)28-22-14-10-9-13-21(22)24(34-5)15-23(26)28/h6-15H,16H2,1-5H3. The van der Waals surface area contributed by atoms with E-state index in [1.807, 2.05) is 57.2 Å². The van der Waals surface area contributed by atoms with Gasteiger partial charge in [-0.25, -0.2) is 9.59 Å². The van der Waals surface area contributed by atoms with Crippen LogP contribution in [0.25, 0.3) is 27.2 Å². The van der Waals surface area contributed by atoms with Crippen molar-refractivity contribution in [3.8, 4) is 5.75 Å². The first kappa shape index (κ1) is 22.7. The van der Waals surface area contributed by atoms with Crippen molar-refractivity contribution in [2.45, 2.75) is 34.2 Å². The molecule has 0 atom stereocenters. The summed E-state index contributed by atoms with van der Waals surface area (Å²) < 4.78 is 13.1. The van der Waals surface area contributed by atoms with Crippen molar-refractivity contribution in [2.75, 3.05) is 7.11 Å². The second-order valence-electron chi connectivity index (χ2n) is 9.10. The van der Waals surface area contributed by atoms with Crippen molar-refractivity contribution in [3.05, 3.63) is 94.2 Å². The molecule has 1 aliphatic heterocycles. The predicted molar refractivity (Wildman–Crippen MR) is 138 cm³/mol. The highest BCUT2D eigenvalue weighted by atomic mass is 16.6. The van der Waals surface area contributed by atoms with E-state index in [0.717, 1.165) is 49.8 Å². The van der Waals surface area contributed by atoms with Crippen LogP contribution in [0.15, 0.2) is 77.4 Å². The van der Waals surface area contributed by atoms with Gasteiger partial charge in [-0.1, -0.05) is 60.2 Å². The number of methoxy groups -OCH3 is 1. The number of allylic oxidation sites excluding steroid dienone is 2. The van der Waals surface area contributed by atoms with Gasteiger partial charge in [0.2, 0.25) is 0 Å². The van der Waals surface area contributed by atoms with Gasteiger partial charge in [0.05, 0.1) is 23.8 Å². The molecule has 1 aliphatic rings. The monoisotopic (exact) mass is 465 g/mol. The zero-order valence-electron chi connectivity index (χ0n) is 20.6. The SMILES string of the molecule is COc1cc2c(C(C)=C3C(=O)OC(=O)C3=C(C)C)c(C)n(Cc3ccccc3)c2c2ccccc12. The van der Waals surface area contributed by atoms with Crippen LogP contribution in [0, 0.1) is 6.92 Å². The molecule has 1 saturated heterocycles. The summed E-state index contributed by atoms with van der Waals surface area (Å²) in [4.78, 5) is 25.3. The van der Waals surface area contributed by atoms with Crippen LogP contribution in [-0.4, -0.2) is 23.6 Å². The second-order valence-corrected chi connectivity index (χ2v) is 9.10. The van der Waals surface area contributed by atoms with E-state index in [0.29, 0.717) is 17.7 Å². The van der Waals surface area contributed by atoms with E-state index in [1.54, 1.807) is 7.11 Å². The first-order chi connectivity index (χ1) is 16.8. The largest absolute Gasteiger partial charge is 0.496 e. The summed E-state index contributed by atoms with van der Waals surface area (Å²) in [6.07, 6.45) is 0. The average molecular weight is 466 g/mol. The van der Waals surface area contributed by atoms with Gasteiger partial charge in [-0.2, -0.15) is 0 Å². The Morgan fingerprint density at radius 2 is 1.49 bits per heavy atom. The molecule has 0 radical (unpaired) electrons. The molecular weight excluding hydrogens is 438 g/mol. The summed E-state index contributed by atoms with van der Waals surface area (Å²) in [5.74, 6) is -0.422.